The van der Waals surface area contributed by atoms with E-state index in [2.05, 4.69) is 6.07 Å². The molecule has 1 aromatic carbocycles. The van der Waals surface area contributed by atoms with Crippen LogP contribution in [0.15, 0.2) is 30.5 Å². The summed E-state index contributed by atoms with van der Waals surface area (Å²) < 4.78 is 1.90. The van der Waals surface area contributed by atoms with Crippen molar-refractivity contribution in [2.24, 2.45) is 5.92 Å². The normalized spacial score (nSPS) is 10.7. The molecule has 0 unspecified atom stereocenters. The molecule has 86 valence electrons. The first-order valence-corrected chi connectivity index (χ1v) is 5.64. The molecule has 0 bridgehead atoms. The van der Waals surface area contributed by atoms with E-state index in [1.807, 2.05) is 42.8 Å². The maximum atomic E-state index is 11.7. The number of rotatable bonds is 3. The molecule has 0 N–H and O–H groups in total. The molecular weight excluding hydrogens is 212 g/mol. The largest absolute Gasteiger partial charge is 0.340 e. The molecule has 0 aliphatic rings. The van der Waals surface area contributed by atoms with E-state index in [0.717, 1.165) is 10.9 Å². The number of carbonyl (C=O) groups is 1. The molecule has 0 radical (unpaired) electrons. The molecule has 3 heteroatoms. The number of ketones is 1. The molecule has 0 atom stereocenters. The summed E-state index contributed by atoms with van der Waals surface area (Å²) in [6.45, 7) is 4.17. The minimum atomic E-state index is 0.0339. The number of nitrogens with zero attached hydrogens (tertiary/aromatic N) is 2. The maximum Gasteiger partial charge on any atom is 0.155 e. The molecule has 17 heavy (non-hydrogen) atoms. The van der Waals surface area contributed by atoms with Crippen molar-refractivity contribution in [3.63, 3.8) is 0 Å². The van der Waals surface area contributed by atoms with Gasteiger partial charge in [0.05, 0.1) is 18.2 Å². The molecule has 1 heterocycles. The van der Waals surface area contributed by atoms with Crippen molar-refractivity contribution in [1.29, 1.82) is 5.26 Å². The van der Waals surface area contributed by atoms with Crippen molar-refractivity contribution in [1.82, 2.24) is 4.57 Å². The molecule has 0 spiro atoms. The van der Waals surface area contributed by atoms with Crippen LogP contribution >= 0.6 is 0 Å². The van der Waals surface area contributed by atoms with Crippen LogP contribution in [-0.4, -0.2) is 10.4 Å². The highest BCUT2D eigenvalue weighted by molar-refractivity contribution is 5.88. The second-order valence-electron chi connectivity index (χ2n) is 4.41. The van der Waals surface area contributed by atoms with Crippen LogP contribution in [0, 0.1) is 17.2 Å². The second-order valence-corrected chi connectivity index (χ2v) is 4.41. The third kappa shape index (κ3) is 2.07. The fraction of sp³-hybridized carbons (Fsp3) is 0.286. The van der Waals surface area contributed by atoms with E-state index in [-0.39, 0.29) is 11.7 Å². The van der Waals surface area contributed by atoms with Gasteiger partial charge < -0.3 is 4.57 Å². The third-order valence-corrected chi connectivity index (χ3v) is 2.90. The standard InChI is InChI=1S/C14H14N2O/c1-10(2)14(17)9-16-7-6-12-11(8-15)4-3-5-13(12)16/h3-7,10H,9H2,1-2H3. The van der Waals surface area contributed by atoms with Crippen LogP contribution < -0.4 is 0 Å². The van der Waals surface area contributed by atoms with Crippen LogP contribution in [0.1, 0.15) is 19.4 Å². The number of nitriles is 1. The Labute approximate surface area is 100 Å². The quantitative estimate of drug-likeness (QED) is 0.807. The van der Waals surface area contributed by atoms with Gasteiger partial charge >= 0.3 is 0 Å². The van der Waals surface area contributed by atoms with E-state index < -0.39 is 0 Å². The fourth-order valence-electron chi connectivity index (χ4n) is 1.81. The van der Waals surface area contributed by atoms with Gasteiger partial charge in [0.15, 0.2) is 5.78 Å². The van der Waals surface area contributed by atoms with Gasteiger partial charge in [-0.15, -0.1) is 0 Å². The molecule has 1 aromatic heterocycles. The van der Waals surface area contributed by atoms with Gasteiger partial charge in [-0.3, -0.25) is 4.79 Å². The van der Waals surface area contributed by atoms with Crippen molar-refractivity contribution >= 4 is 16.7 Å². The third-order valence-electron chi connectivity index (χ3n) is 2.90. The molecule has 0 aliphatic carbocycles. The Kier molecular flexibility index (Phi) is 2.97. The Morgan fingerprint density at radius 2 is 2.18 bits per heavy atom. The molecule has 0 aliphatic heterocycles. The summed E-state index contributed by atoms with van der Waals surface area (Å²) in [7, 11) is 0. The molecule has 2 aromatic rings. The molecule has 2 rings (SSSR count). The van der Waals surface area contributed by atoms with Crippen molar-refractivity contribution in [2.75, 3.05) is 0 Å². The van der Waals surface area contributed by atoms with Crippen molar-refractivity contribution in [2.45, 2.75) is 20.4 Å². The Hall–Kier alpha value is -2.08. The second kappa shape index (κ2) is 4.42. The Morgan fingerprint density at radius 1 is 1.41 bits per heavy atom. The lowest BCUT2D eigenvalue weighted by Gasteiger charge is -2.07. The minimum absolute atomic E-state index is 0.0339. The average Bonchev–Trinajstić information content (AvgIpc) is 2.72. The topological polar surface area (TPSA) is 45.8 Å². The smallest absolute Gasteiger partial charge is 0.155 e. The summed E-state index contributed by atoms with van der Waals surface area (Å²) in [5.74, 6) is 0.233. The lowest BCUT2D eigenvalue weighted by molar-refractivity contribution is -0.122. The van der Waals surface area contributed by atoms with Crippen LogP contribution in [0.25, 0.3) is 10.9 Å². The van der Waals surface area contributed by atoms with E-state index in [9.17, 15) is 4.79 Å². The first-order chi connectivity index (χ1) is 8.13. The zero-order chi connectivity index (χ0) is 12.4. The summed E-state index contributed by atoms with van der Waals surface area (Å²) in [5.41, 5.74) is 1.59. The summed E-state index contributed by atoms with van der Waals surface area (Å²) in [4.78, 5) is 11.7. The van der Waals surface area contributed by atoms with Crippen LogP contribution in [0.3, 0.4) is 0 Å². The van der Waals surface area contributed by atoms with E-state index in [1.54, 1.807) is 6.07 Å². The first-order valence-electron chi connectivity index (χ1n) is 5.64. The van der Waals surface area contributed by atoms with Gasteiger partial charge in [0.2, 0.25) is 0 Å². The van der Waals surface area contributed by atoms with Crippen molar-refractivity contribution < 1.29 is 4.79 Å². The molecule has 0 saturated carbocycles. The van der Waals surface area contributed by atoms with E-state index in [1.165, 1.54) is 0 Å². The number of benzene rings is 1. The lowest BCUT2D eigenvalue weighted by Crippen LogP contribution is -2.14. The monoisotopic (exact) mass is 226 g/mol. The Bertz CT molecular complexity index is 602. The molecule has 0 saturated heterocycles. The van der Waals surface area contributed by atoms with E-state index >= 15 is 0 Å². The number of hydrogen-bond acceptors (Lipinski definition) is 2. The van der Waals surface area contributed by atoms with Gasteiger partial charge in [-0.25, -0.2) is 0 Å². The van der Waals surface area contributed by atoms with Gasteiger partial charge in [0.25, 0.3) is 0 Å². The fourth-order valence-corrected chi connectivity index (χ4v) is 1.81. The minimum Gasteiger partial charge on any atom is -0.340 e. The zero-order valence-electron chi connectivity index (χ0n) is 9.97. The van der Waals surface area contributed by atoms with Crippen molar-refractivity contribution in [3.05, 3.63) is 36.0 Å². The number of fused-ring (bicyclic) bond motifs is 1. The maximum absolute atomic E-state index is 11.7. The highest BCUT2D eigenvalue weighted by atomic mass is 16.1. The summed E-state index contributed by atoms with van der Waals surface area (Å²) in [5, 5.41) is 9.90. The first kappa shape index (κ1) is 11.4. The number of Topliss-reactive ketones (excluding diaryl/α,β-unsaturated/α-hetero) is 1. The highest BCUT2D eigenvalue weighted by Crippen LogP contribution is 2.20. The van der Waals surface area contributed by atoms with Gasteiger partial charge in [-0.05, 0) is 18.2 Å². The Morgan fingerprint density at radius 3 is 2.82 bits per heavy atom. The van der Waals surface area contributed by atoms with Crippen molar-refractivity contribution in [3.8, 4) is 6.07 Å². The zero-order valence-corrected chi connectivity index (χ0v) is 9.97. The molecular formula is C14H14N2O. The highest BCUT2D eigenvalue weighted by Gasteiger charge is 2.10. The van der Waals surface area contributed by atoms with E-state index in [0.29, 0.717) is 12.1 Å². The molecule has 3 nitrogen and oxygen atoms in total. The summed E-state index contributed by atoms with van der Waals surface area (Å²) in [6, 6.07) is 9.62. The van der Waals surface area contributed by atoms with Crippen LogP contribution in [-0.2, 0) is 11.3 Å². The summed E-state index contributed by atoms with van der Waals surface area (Å²) >= 11 is 0. The molecule has 0 amide bonds. The summed E-state index contributed by atoms with van der Waals surface area (Å²) in [6.07, 6.45) is 1.87. The van der Waals surface area contributed by atoms with Crippen LogP contribution in [0.2, 0.25) is 0 Å². The number of aromatic nitrogens is 1. The van der Waals surface area contributed by atoms with Gasteiger partial charge in [-0.1, -0.05) is 19.9 Å². The lowest BCUT2D eigenvalue weighted by atomic mass is 10.1. The number of carbonyl (C=O) groups excluding carboxylic acids is 1. The van der Waals surface area contributed by atoms with Crippen LogP contribution in [0.4, 0.5) is 0 Å². The van der Waals surface area contributed by atoms with Crippen LogP contribution in [0.5, 0.6) is 0 Å². The van der Waals surface area contributed by atoms with Gasteiger partial charge in [0.1, 0.15) is 0 Å². The average molecular weight is 226 g/mol. The Balaban J connectivity index is 2.44. The van der Waals surface area contributed by atoms with Gasteiger partial charge in [-0.2, -0.15) is 5.26 Å². The van der Waals surface area contributed by atoms with Gasteiger partial charge in [0, 0.05) is 23.0 Å². The predicted molar refractivity (Wildman–Crippen MR) is 66.5 cm³/mol. The SMILES string of the molecule is CC(C)C(=O)Cn1ccc2c(C#N)cccc21. The van der Waals surface area contributed by atoms with E-state index in [4.69, 9.17) is 5.26 Å². The predicted octanol–water partition coefficient (Wildman–Crippen LogP) is 2.74. The molecule has 0 fully saturated rings. The number of hydrogen-bond donors (Lipinski definition) is 0.